The van der Waals surface area contributed by atoms with Gasteiger partial charge in [-0.2, -0.15) is 13.2 Å². The van der Waals surface area contributed by atoms with Gasteiger partial charge in [0.2, 0.25) is 0 Å². The van der Waals surface area contributed by atoms with Crippen molar-refractivity contribution >= 4 is 0 Å². The highest BCUT2D eigenvalue weighted by Crippen LogP contribution is 2.35. The Morgan fingerprint density at radius 3 is 2.00 bits per heavy atom. The van der Waals surface area contributed by atoms with E-state index in [9.17, 15) is 30.7 Å². The summed E-state index contributed by atoms with van der Waals surface area (Å²) in [6.45, 7) is 0. The molecule has 0 fully saturated rings. The average molecular weight is 324 g/mol. The zero-order chi connectivity index (χ0) is 16.5. The Morgan fingerprint density at radius 2 is 1.41 bits per heavy atom. The number of alkyl halides is 6. The van der Waals surface area contributed by atoms with Gasteiger partial charge in [0.1, 0.15) is 11.6 Å². The van der Waals surface area contributed by atoms with Crippen LogP contribution < -0.4 is 4.74 Å². The second-order valence-corrected chi connectivity index (χ2v) is 4.27. The highest BCUT2D eigenvalue weighted by molar-refractivity contribution is 5.66. The molecule has 0 aliphatic heterocycles. The second-order valence-electron chi connectivity index (χ2n) is 4.27. The van der Waals surface area contributed by atoms with E-state index in [0.29, 0.717) is 12.1 Å². The molecule has 2 rings (SSSR count). The molecule has 0 atom stereocenters. The summed E-state index contributed by atoms with van der Waals surface area (Å²) in [6.07, 6.45) is -9.82. The maximum Gasteiger partial charge on any atom is 0.573 e. The first-order chi connectivity index (χ1) is 10.1. The molecular weight excluding hydrogens is 317 g/mol. The van der Waals surface area contributed by atoms with Crippen LogP contribution in [0, 0.1) is 5.82 Å². The number of benzene rings is 2. The van der Waals surface area contributed by atoms with E-state index in [4.69, 9.17) is 0 Å². The van der Waals surface area contributed by atoms with Gasteiger partial charge in [0.15, 0.2) is 0 Å². The van der Waals surface area contributed by atoms with Gasteiger partial charge in [-0.15, -0.1) is 13.2 Å². The Labute approximate surface area is 119 Å². The smallest absolute Gasteiger partial charge is 0.406 e. The van der Waals surface area contributed by atoms with Crippen molar-refractivity contribution in [2.75, 3.05) is 0 Å². The molecule has 0 aliphatic carbocycles. The molecule has 0 radical (unpaired) electrons. The van der Waals surface area contributed by atoms with E-state index < -0.39 is 29.7 Å². The molecule has 2 aromatic rings. The molecular formula is C14H7F7O. The van der Waals surface area contributed by atoms with Gasteiger partial charge in [-0.25, -0.2) is 4.39 Å². The van der Waals surface area contributed by atoms with Gasteiger partial charge in [0, 0.05) is 0 Å². The lowest BCUT2D eigenvalue weighted by atomic mass is 10.0. The number of halogens is 7. The van der Waals surface area contributed by atoms with E-state index in [1.54, 1.807) is 0 Å². The minimum Gasteiger partial charge on any atom is -0.406 e. The number of hydrogen-bond acceptors (Lipinski definition) is 1. The van der Waals surface area contributed by atoms with Crippen molar-refractivity contribution in [3.63, 3.8) is 0 Å². The van der Waals surface area contributed by atoms with Gasteiger partial charge in [-0.1, -0.05) is 18.2 Å². The van der Waals surface area contributed by atoms with Crippen LogP contribution in [0.2, 0.25) is 0 Å². The Hall–Kier alpha value is -2.25. The standard InChI is InChI=1S/C14H7F7O/c15-12-5-4-9(7-11(12)13(16,17)18)8-2-1-3-10(6-8)22-14(19,20)21/h1-7H. The topological polar surface area (TPSA) is 9.23 Å². The maximum atomic E-state index is 13.2. The van der Waals surface area contributed by atoms with Gasteiger partial charge in [-0.3, -0.25) is 0 Å². The molecule has 0 aromatic heterocycles. The summed E-state index contributed by atoms with van der Waals surface area (Å²) >= 11 is 0. The molecule has 22 heavy (non-hydrogen) atoms. The summed E-state index contributed by atoms with van der Waals surface area (Å²) < 4.78 is 91.2. The molecule has 0 spiro atoms. The highest BCUT2D eigenvalue weighted by atomic mass is 19.4. The molecule has 0 unspecified atom stereocenters. The van der Waals surface area contributed by atoms with Crippen molar-refractivity contribution in [2.24, 2.45) is 0 Å². The highest BCUT2D eigenvalue weighted by Gasteiger charge is 2.34. The fraction of sp³-hybridized carbons (Fsp3) is 0.143. The molecule has 118 valence electrons. The van der Waals surface area contributed by atoms with Crippen molar-refractivity contribution in [2.45, 2.75) is 12.5 Å². The predicted molar refractivity (Wildman–Crippen MR) is 63.5 cm³/mol. The van der Waals surface area contributed by atoms with Crippen LogP contribution in [0.1, 0.15) is 5.56 Å². The summed E-state index contributed by atoms with van der Waals surface area (Å²) in [7, 11) is 0. The molecule has 0 bridgehead atoms. The minimum atomic E-state index is -4.92. The Balaban J connectivity index is 2.43. The van der Waals surface area contributed by atoms with Crippen LogP contribution in [-0.4, -0.2) is 6.36 Å². The van der Waals surface area contributed by atoms with Crippen LogP contribution in [0.4, 0.5) is 30.7 Å². The van der Waals surface area contributed by atoms with Crippen molar-refractivity contribution in [3.8, 4) is 16.9 Å². The third-order valence-corrected chi connectivity index (χ3v) is 2.67. The summed E-state index contributed by atoms with van der Waals surface area (Å²) in [4.78, 5) is 0. The van der Waals surface area contributed by atoms with Gasteiger partial charge in [-0.05, 0) is 35.4 Å². The number of hydrogen-bond donors (Lipinski definition) is 0. The first kappa shape index (κ1) is 16.1. The van der Waals surface area contributed by atoms with E-state index in [-0.39, 0.29) is 11.1 Å². The number of ether oxygens (including phenoxy) is 1. The van der Waals surface area contributed by atoms with E-state index in [2.05, 4.69) is 4.74 Å². The first-order valence-electron chi connectivity index (χ1n) is 5.79. The second kappa shape index (κ2) is 5.51. The van der Waals surface area contributed by atoms with Crippen LogP contribution in [0.3, 0.4) is 0 Å². The van der Waals surface area contributed by atoms with Gasteiger partial charge >= 0.3 is 12.5 Å². The molecule has 0 saturated carbocycles. The average Bonchev–Trinajstić information content (AvgIpc) is 2.36. The Bertz CT molecular complexity index is 674. The molecule has 0 aliphatic rings. The van der Waals surface area contributed by atoms with Crippen LogP contribution in [0.5, 0.6) is 5.75 Å². The molecule has 0 saturated heterocycles. The lowest BCUT2D eigenvalue weighted by Gasteiger charge is -2.12. The SMILES string of the molecule is Fc1ccc(-c2cccc(OC(F)(F)F)c2)cc1C(F)(F)F. The molecule has 0 heterocycles. The van der Waals surface area contributed by atoms with Gasteiger partial charge in [0.25, 0.3) is 0 Å². The fourth-order valence-electron chi connectivity index (χ4n) is 1.79. The van der Waals surface area contributed by atoms with Crippen molar-refractivity contribution in [1.29, 1.82) is 0 Å². The van der Waals surface area contributed by atoms with Crippen molar-refractivity contribution in [3.05, 3.63) is 53.8 Å². The molecule has 8 heteroatoms. The monoisotopic (exact) mass is 324 g/mol. The van der Waals surface area contributed by atoms with E-state index >= 15 is 0 Å². The zero-order valence-electron chi connectivity index (χ0n) is 10.6. The van der Waals surface area contributed by atoms with Crippen LogP contribution in [0.25, 0.3) is 11.1 Å². The lowest BCUT2D eigenvalue weighted by molar-refractivity contribution is -0.274. The fourth-order valence-corrected chi connectivity index (χ4v) is 1.79. The first-order valence-corrected chi connectivity index (χ1v) is 5.79. The third kappa shape index (κ3) is 3.90. The molecule has 2 aromatic carbocycles. The predicted octanol–water partition coefficient (Wildman–Crippen LogP) is 5.41. The molecule has 0 N–H and O–H groups in total. The van der Waals surface area contributed by atoms with Crippen LogP contribution >= 0.6 is 0 Å². The number of rotatable bonds is 2. The van der Waals surface area contributed by atoms with E-state index in [1.165, 1.54) is 12.1 Å². The normalized spacial score (nSPS) is 12.3. The minimum absolute atomic E-state index is 0.0345. The van der Waals surface area contributed by atoms with Crippen LogP contribution in [0.15, 0.2) is 42.5 Å². The Morgan fingerprint density at radius 1 is 0.773 bits per heavy atom. The molecule has 0 amide bonds. The van der Waals surface area contributed by atoms with E-state index in [0.717, 1.165) is 18.2 Å². The largest absolute Gasteiger partial charge is 0.573 e. The summed E-state index contributed by atoms with van der Waals surface area (Å²) in [5.74, 6) is -2.04. The van der Waals surface area contributed by atoms with Gasteiger partial charge < -0.3 is 4.74 Å². The van der Waals surface area contributed by atoms with Crippen LogP contribution in [-0.2, 0) is 6.18 Å². The van der Waals surface area contributed by atoms with Crippen molar-refractivity contribution < 1.29 is 35.5 Å². The van der Waals surface area contributed by atoms with Gasteiger partial charge in [0.05, 0.1) is 5.56 Å². The summed E-state index contributed by atoms with van der Waals surface area (Å²) in [5.41, 5.74) is -1.54. The Kier molecular flexibility index (Phi) is 4.04. The van der Waals surface area contributed by atoms with Crippen molar-refractivity contribution in [1.82, 2.24) is 0 Å². The van der Waals surface area contributed by atoms with E-state index in [1.807, 2.05) is 0 Å². The maximum absolute atomic E-state index is 13.2. The lowest BCUT2D eigenvalue weighted by Crippen LogP contribution is -2.17. The third-order valence-electron chi connectivity index (χ3n) is 2.67. The summed E-state index contributed by atoms with van der Waals surface area (Å²) in [6, 6.07) is 6.57. The molecule has 1 nitrogen and oxygen atoms in total. The quantitative estimate of drug-likeness (QED) is 0.671. The summed E-state index contributed by atoms with van der Waals surface area (Å²) in [5, 5.41) is 0. The zero-order valence-corrected chi connectivity index (χ0v) is 10.6.